The topological polar surface area (TPSA) is 52.3 Å². The van der Waals surface area contributed by atoms with Crippen LogP contribution in [0.5, 0.6) is 0 Å². The molecular formula is C9H15NO2. The lowest BCUT2D eigenvalue weighted by Crippen LogP contribution is -2.37. The molecule has 0 radical (unpaired) electrons. The molecule has 0 aromatic carbocycles. The number of fused-ring (bicyclic) bond motifs is 2. The summed E-state index contributed by atoms with van der Waals surface area (Å²) in [4.78, 5) is 11.1. The van der Waals surface area contributed by atoms with Gasteiger partial charge in [0.25, 0.3) is 0 Å². The molecule has 4 unspecified atom stereocenters. The summed E-state index contributed by atoms with van der Waals surface area (Å²) in [5.74, 6) is 0.212. The average Bonchev–Trinajstić information content (AvgIpc) is 2.60. The molecule has 2 aliphatic heterocycles. The average molecular weight is 169 g/mol. The summed E-state index contributed by atoms with van der Waals surface area (Å²) in [5.41, 5.74) is 5.33. The summed E-state index contributed by atoms with van der Waals surface area (Å²) < 4.78 is 5.65. The maximum Gasteiger partial charge on any atom is 0.223 e. The molecule has 4 atom stereocenters. The molecule has 0 spiro atoms. The summed E-state index contributed by atoms with van der Waals surface area (Å²) in [5, 5.41) is 0. The van der Waals surface area contributed by atoms with Gasteiger partial charge in [-0.1, -0.05) is 6.92 Å². The Morgan fingerprint density at radius 2 is 2.17 bits per heavy atom. The fourth-order valence-corrected chi connectivity index (χ4v) is 2.69. The Kier molecular flexibility index (Phi) is 1.83. The van der Waals surface area contributed by atoms with Crippen molar-refractivity contribution >= 4 is 5.91 Å². The normalized spacial score (nSPS) is 45.1. The first kappa shape index (κ1) is 8.05. The monoisotopic (exact) mass is 169 g/mol. The summed E-state index contributed by atoms with van der Waals surface area (Å²) in [6, 6.07) is 0. The molecule has 2 saturated heterocycles. The number of nitrogens with two attached hydrogens (primary N) is 1. The second-order valence-corrected chi connectivity index (χ2v) is 3.79. The molecule has 2 aliphatic rings. The van der Waals surface area contributed by atoms with E-state index in [0.29, 0.717) is 12.0 Å². The van der Waals surface area contributed by atoms with E-state index in [4.69, 9.17) is 10.5 Å². The smallest absolute Gasteiger partial charge is 0.223 e. The first-order chi connectivity index (χ1) is 5.74. The molecule has 3 nitrogen and oxygen atoms in total. The van der Waals surface area contributed by atoms with Crippen molar-refractivity contribution in [1.29, 1.82) is 0 Å². The minimum atomic E-state index is -0.172. The lowest BCUT2D eigenvalue weighted by Gasteiger charge is -2.23. The van der Waals surface area contributed by atoms with E-state index in [1.807, 2.05) is 0 Å². The molecule has 12 heavy (non-hydrogen) atoms. The highest BCUT2D eigenvalue weighted by molar-refractivity contribution is 5.78. The lowest BCUT2D eigenvalue weighted by atomic mass is 9.77. The second-order valence-electron chi connectivity index (χ2n) is 3.79. The van der Waals surface area contributed by atoms with Crippen LogP contribution in [0.4, 0.5) is 0 Å². The minimum Gasteiger partial charge on any atom is -0.374 e. The van der Waals surface area contributed by atoms with Crippen LogP contribution in [0, 0.1) is 11.8 Å². The van der Waals surface area contributed by atoms with Crippen molar-refractivity contribution in [3.63, 3.8) is 0 Å². The van der Waals surface area contributed by atoms with Crippen molar-refractivity contribution in [2.75, 3.05) is 0 Å². The Morgan fingerprint density at radius 3 is 2.67 bits per heavy atom. The number of carbonyl (C=O) groups is 1. The third kappa shape index (κ3) is 0.959. The number of hydrogen-bond donors (Lipinski definition) is 1. The van der Waals surface area contributed by atoms with E-state index in [2.05, 4.69) is 6.92 Å². The van der Waals surface area contributed by atoms with E-state index in [1.54, 1.807) is 0 Å². The highest BCUT2D eigenvalue weighted by Gasteiger charge is 2.50. The number of amides is 1. The second kappa shape index (κ2) is 2.73. The van der Waals surface area contributed by atoms with Gasteiger partial charge in [0.1, 0.15) is 0 Å². The number of ether oxygens (including phenoxy) is 1. The predicted octanol–water partition coefficient (Wildman–Crippen LogP) is 0.675. The quantitative estimate of drug-likeness (QED) is 0.660. The van der Waals surface area contributed by atoms with Crippen molar-refractivity contribution < 1.29 is 9.53 Å². The van der Waals surface area contributed by atoms with Gasteiger partial charge in [-0.3, -0.25) is 4.79 Å². The molecule has 0 aliphatic carbocycles. The Morgan fingerprint density at radius 1 is 1.50 bits per heavy atom. The summed E-state index contributed by atoms with van der Waals surface area (Å²) in [7, 11) is 0. The molecule has 1 amide bonds. The van der Waals surface area contributed by atoms with E-state index in [-0.39, 0.29) is 17.9 Å². The Hall–Kier alpha value is -0.570. The van der Waals surface area contributed by atoms with Crippen LogP contribution in [0.15, 0.2) is 0 Å². The number of carbonyl (C=O) groups excluding carboxylic acids is 1. The van der Waals surface area contributed by atoms with Crippen LogP contribution in [0.2, 0.25) is 0 Å². The van der Waals surface area contributed by atoms with Crippen LogP contribution in [0.25, 0.3) is 0 Å². The minimum absolute atomic E-state index is 0.00579. The number of hydrogen-bond acceptors (Lipinski definition) is 2. The molecule has 0 aromatic rings. The third-order valence-electron chi connectivity index (χ3n) is 3.22. The van der Waals surface area contributed by atoms with E-state index in [0.717, 1.165) is 19.3 Å². The molecule has 2 bridgehead atoms. The van der Waals surface area contributed by atoms with Gasteiger partial charge in [-0.05, 0) is 25.2 Å². The highest BCUT2D eigenvalue weighted by atomic mass is 16.5. The van der Waals surface area contributed by atoms with Gasteiger partial charge in [0, 0.05) is 0 Å². The zero-order valence-corrected chi connectivity index (χ0v) is 7.32. The van der Waals surface area contributed by atoms with Crippen LogP contribution in [0.3, 0.4) is 0 Å². The zero-order chi connectivity index (χ0) is 8.72. The first-order valence-corrected chi connectivity index (χ1v) is 4.68. The molecule has 2 rings (SSSR count). The Labute approximate surface area is 72.3 Å². The Balaban J connectivity index is 2.16. The van der Waals surface area contributed by atoms with Gasteiger partial charge in [0.2, 0.25) is 5.91 Å². The molecule has 68 valence electrons. The van der Waals surface area contributed by atoms with Crippen molar-refractivity contribution in [2.24, 2.45) is 17.6 Å². The van der Waals surface area contributed by atoms with Crippen LogP contribution in [0.1, 0.15) is 26.2 Å². The van der Waals surface area contributed by atoms with Crippen LogP contribution >= 0.6 is 0 Å². The van der Waals surface area contributed by atoms with Gasteiger partial charge in [0.05, 0.1) is 18.1 Å². The van der Waals surface area contributed by atoms with E-state index in [1.165, 1.54) is 0 Å². The van der Waals surface area contributed by atoms with Crippen LogP contribution < -0.4 is 5.73 Å². The number of primary amides is 1. The maximum absolute atomic E-state index is 11.1. The molecule has 0 aromatic heterocycles. The van der Waals surface area contributed by atoms with Crippen molar-refractivity contribution in [1.82, 2.24) is 0 Å². The van der Waals surface area contributed by atoms with Gasteiger partial charge in [-0.15, -0.1) is 0 Å². The van der Waals surface area contributed by atoms with Crippen molar-refractivity contribution in [3.8, 4) is 0 Å². The van der Waals surface area contributed by atoms with E-state index in [9.17, 15) is 4.79 Å². The fourth-order valence-electron chi connectivity index (χ4n) is 2.69. The van der Waals surface area contributed by atoms with E-state index < -0.39 is 0 Å². The fraction of sp³-hybridized carbons (Fsp3) is 0.889. The summed E-state index contributed by atoms with van der Waals surface area (Å²) in [6.45, 7) is 2.10. The largest absolute Gasteiger partial charge is 0.374 e. The SMILES string of the molecule is CCC1C2CCC(O2)C1C(N)=O. The standard InChI is InChI=1S/C9H15NO2/c1-2-5-6-3-4-7(12-6)8(5)9(10)11/h5-8H,2-4H2,1H3,(H2,10,11). The van der Waals surface area contributed by atoms with Crippen LogP contribution in [-0.2, 0) is 9.53 Å². The molecule has 0 saturated carbocycles. The molecule has 2 fully saturated rings. The summed E-state index contributed by atoms with van der Waals surface area (Å²) >= 11 is 0. The van der Waals surface area contributed by atoms with Crippen molar-refractivity contribution in [2.45, 2.75) is 38.4 Å². The Bertz CT molecular complexity index is 205. The van der Waals surface area contributed by atoms with Gasteiger partial charge >= 0.3 is 0 Å². The summed E-state index contributed by atoms with van der Waals surface area (Å²) in [6.07, 6.45) is 3.60. The van der Waals surface area contributed by atoms with Gasteiger partial charge in [-0.25, -0.2) is 0 Å². The molecule has 2 N–H and O–H groups in total. The third-order valence-corrected chi connectivity index (χ3v) is 3.22. The molecular weight excluding hydrogens is 154 g/mol. The number of rotatable bonds is 2. The highest BCUT2D eigenvalue weighted by Crippen LogP contribution is 2.44. The lowest BCUT2D eigenvalue weighted by molar-refractivity contribution is -0.124. The predicted molar refractivity (Wildman–Crippen MR) is 44.4 cm³/mol. The van der Waals surface area contributed by atoms with Gasteiger partial charge in [0.15, 0.2) is 0 Å². The van der Waals surface area contributed by atoms with Gasteiger partial charge in [-0.2, -0.15) is 0 Å². The zero-order valence-electron chi connectivity index (χ0n) is 7.32. The van der Waals surface area contributed by atoms with Gasteiger partial charge < -0.3 is 10.5 Å². The first-order valence-electron chi connectivity index (χ1n) is 4.68. The van der Waals surface area contributed by atoms with E-state index >= 15 is 0 Å². The maximum atomic E-state index is 11.1. The van der Waals surface area contributed by atoms with Crippen molar-refractivity contribution in [3.05, 3.63) is 0 Å². The van der Waals surface area contributed by atoms with Crippen LogP contribution in [-0.4, -0.2) is 18.1 Å². The molecule has 2 heterocycles. The molecule has 3 heteroatoms.